The van der Waals surface area contributed by atoms with E-state index in [1.165, 1.54) is 6.20 Å². The minimum absolute atomic E-state index is 0.0506. The molecule has 1 fully saturated rings. The van der Waals surface area contributed by atoms with Gasteiger partial charge in [-0.15, -0.1) is 0 Å². The predicted molar refractivity (Wildman–Crippen MR) is 72.9 cm³/mol. The van der Waals surface area contributed by atoms with Crippen LogP contribution in [0.3, 0.4) is 0 Å². The summed E-state index contributed by atoms with van der Waals surface area (Å²) in [7, 11) is 0. The maximum absolute atomic E-state index is 11.6. The Hall–Kier alpha value is -2.18. The van der Waals surface area contributed by atoms with E-state index < -0.39 is 16.4 Å². The molecule has 1 aromatic heterocycles. The maximum Gasteiger partial charge on any atom is 0.329 e. The third-order valence-corrected chi connectivity index (χ3v) is 4.01. The number of anilines is 1. The highest BCUT2D eigenvalue weighted by atomic mass is 16.6. The molecule has 2 rings (SSSR count). The maximum atomic E-state index is 11.6. The van der Waals surface area contributed by atoms with E-state index in [2.05, 4.69) is 4.98 Å². The molecule has 1 unspecified atom stereocenters. The van der Waals surface area contributed by atoms with Crippen molar-refractivity contribution < 1.29 is 14.8 Å². The lowest BCUT2D eigenvalue weighted by atomic mass is 9.93. The summed E-state index contributed by atoms with van der Waals surface area (Å²) in [6, 6.07) is 1.59. The molecule has 0 bridgehead atoms. The molecule has 1 aliphatic heterocycles. The average molecular weight is 279 g/mol. The van der Waals surface area contributed by atoms with Gasteiger partial charge in [0.15, 0.2) is 0 Å². The molecule has 0 amide bonds. The number of nitro groups is 1. The van der Waals surface area contributed by atoms with E-state index in [1.54, 1.807) is 17.9 Å². The Morgan fingerprint density at radius 1 is 1.65 bits per heavy atom. The van der Waals surface area contributed by atoms with E-state index in [9.17, 15) is 20.0 Å². The summed E-state index contributed by atoms with van der Waals surface area (Å²) in [6.45, 7) is 4.07. The Labute approximate surface area is 116 Å². The summed E-state index contributed by atoms with van der Waals surface area (Å²) >= 11 is 0. The second-order valence-corrected chi connectivity index (χ2v) is 5.03. The molecule has 7 heteroatoms. The van der Waals surface area contributed by atoms with Gasteiger partial charge in [0, 0.05) is 12.1 Å². The molecular formula is C13H17N3O4. The van der Waals surface area contributed by atoms with Gasteiger partial charge in [-0.2, -0.15) is 0 Å². The Bertz CT molecular complexity index is 561. The van der Waals surface area contributed by atoms with Crippen molar-refractivity contribution in [2.24, 2.45) is 0 Å². The highest BCUT2D eigenvalue weighted by molar-refractivity contribution is 5.84. The first-order valence-corrected chi connectivity index (χ1v) is 6.54. The summed E-state index contributed by atoms with van der Waals surface area (Å²) in [6.07, 6.45) is 3.01. The van der Waals surface area contributed by atoms with Crippen molar-refractivity contribution in [3.05, 3.63) is 27.9 Å². The zero-order valence-electron chi connectivity index (χ0n) is 11.5. The number of pyridine rings is 1. The van der Waals surface area contributed by atoms with Gasteiger partial charge in [0.1, 0.15) is 17.6 Å². The van der Waals surface area contributed by atoms with Crippen LogP contribution in [0.1, 0.15) is 31.7 Å². The van der Waals surface area contributed by atoms with Gasteiger partial charge in [0.25, 0.3) is 5.69 Å². The van der Waals surface area contributed by atoms with Crippen LogP contribution >= 0.6 is 0 Å². The molecule has 7 nitrogen and oxygen atoms in total. The van der Waals surface area contributed by atoms with E-state index in [1.807, 2.05) is 6.92 Å². The summed E-state index contributed by atoms with van der Waals surface area (Å²) in [5.74, 6) is -0.370. The smallest absolute Gasteiger partial charge is 0.329 e. The molecule has 0 aromatic carbocycles. The molecule has 0 aliphatic carbocycles. The van der Waals surface area contributed by atoms with Crippen LogP contribution in [0.15, 0.2) is 12.3 Å². The molecule has 1 aliphatic rings. The lowest BCUT2D eigenvalue weighted by Gasteiger charge is -2.34. The topological polar surface area (TPSA) is 96.6 Å². The highest BCUT2D eigenvalue weighted by Gasteiger charge is 2.47. The van der Waals surface area contributed by atoms with Gasteiger partial charge in [0.2, 0.25) is 0 Å². The molecule has 0 saturated carbocycles. The molecule has 1 aromatic rings. The van der Waals surface area contributed by atoms with Gasteiger partial charge in [-0.05, 0) is 32.3 Å². The molecule has 0 radical (unpaired) electrons. The van der Waals surface area contributed by atoms with Crippen molar-refractivity contribution in [2.45, 2.75) is 38.6 Å². The number of rotatable bonds is 4. The van der Waals surface area contributed by atoms with Crippen LogP contribution in [-0.4, -0.2) is 33.1 Å². The van der Waals surface area contributed by atoms with Gasteiger partial charge < -0.3 is 10.0 Å². The van der Waals surface area contributed by atoms with Crippen LogP contribution in [0.2, 0.25) is 0 Å². The van der Waals surface area contributed by atoms with E-state index in [-0.39, 0.29) is 5.69 Å². The van der Waals surface area contributed by atoms with Gasteiger partial charge in [-0.25, -0.2) is 9.78 Å². The first kappa shape index (κ1) is 14.2. The summed E-state index contributed by atoms with van der Waals surface area (Å²) < 4.78 is 0. The largest absolute Gasteiger partial charge is 0.479 e. The van der Waals surface area contributed by atoms with Crippen molar-refractivity contribution >= 4 is 17.5 Å². The fraction of sp³-hybridized carbons (Fsp3) is 0.538. The number of carboxylic acids is 1. The lowest BCUT2D eigenvalue weighted by molar-refractivity contribution is -0.385. The summed E-state index contributed by atoms with van der Waals surface area (Å²) in [5.41, 5.74) is -0.511. The minimum Gasteiger partial charge on any atom is -0.479 e. The van der Waals surface area contributed by atoms with Crippen LogP contribution in [0, 0.1) is 17.0 Å². The first-order valence-electron chi connectivity index (χ1n) is 6.54. The third kappa shape index (κ3) is 2.09. The van der Waals surface area contributed by atoms with Crippen molar-refractivity contribution in [1.29, 1.82) is 0 Å². The number of carboxylic acid groups (broad SMARTS) is 1. The van der Waals surface area contributed by atoms with Crippen LogP contribution in [0.4, 0.5) is 11.5 Å². The van der Waals surface area contributed by atoms with Gasteiger partial charge in [-0.3, -0.25) is 10.1 Å². The predicted octanol–water partition coefficient (Wildman–Crippen LogP) is 2.13. The molecular weight excluding hydrogens is 262 g/mol. The molecule has 1 N–H and O–H groups in total. The van der Waals surface area contributed by atoms with E-state index in [4.69, 9.17) is 0 Å². The zero-order chi connectivity index (χ0) is 14.9. The first-order chi connectivity index (χ1) is 9.42. The van der Waals surface area contributed by atoms with Crippen LogP contribution < -0.4 is 4.90 Å². The highest BCUT2D eigenvalue weighted by Crippen LogP contribution is 2.37. The average Bonchev–Trinajstić information content (AvgIpc) is 2.83. The van der Waals surface area contributed by atoms with Crippen molar-refractivity contribution in [3.63, 3.8) is 0 Å². The van der Waals surface area contributed by atoms with Crippen LogP contribution in [0.5, 0.6) is 0 Å². The van der Waals surface area contributed by atoms with E-state index >= 15 is 0 Å². The standard InChI is InChI=1S/C13H17N3O4/c1-3-13(12(17)18)5-4-6-15(13)11-7-9(2)10(8-14-11)16(19)20/h7-8H,3-6H2,1-2H3,(H,17,18). The number of hydrogen-bond donors (Lipinski definition) is 1. The third-order valence-electron chi connectivity index (χ3n) is 4.01. The Morgan fingerprint density at radius 2 is 2.35 bits per heavy atom. The Balaban J connectivity index is 2.43. The number of nitrogens with zero attached hydrogens (tertiary/aromatic N) is 3. The lowest BCUT2D eigenvalue weighted by Crippen LogP contribution is -2.50. The molecule has 1 atom stereocenters. The number of aliphatic carboxylic acids is 1. The molecule has 108 valence electrons. The SMILES string of the molecule is CCC1(C(=O)O)CCCN1c1cc(C)c([N+](=O)[O-])cn1. The fourth-order valence-electron chi connectivity index (χ4n) is 2.83. The van der Waals surface area contributed by atoms with Crippen molar-refractivity contribution in [2.75, 3.05) is 11.4 Å². The molecule has 0 spiro atoms. The zero-order valence-corrected chi connectivity index (χ0v) is 11.5. The summed E-state index contributed by atoms with van der Waals surface area (Å²) in [4.78, 5) is 27.8. The molecule has 1 saturated heterocycles. The van der Waals surface area contributed by atoms with E-state index in [0.29, 0.717) is 30.8 Å². The Morgan fingerprint density at radius 3 is 2.85 bits per heavy atom. The van der Waals surface area contributed by atoms with Gasteiger partial charge >= 0.3 is 5.97 Å². The number of aromatic nitrogens is 1. The Kier molecular flexibility index (Phi) is 3.61. The normalized spacial score (nSPS) is 22.0. The van der Waals surface area contributed by atoms with Crippen LogP contribution in [-0.2, 0) is 4.79 Å². The number of hydrogen-bond acceptors (Lipinski definition) is 5. The second-order valence-electron chi connectivity index (χ2n) is 5.03. The number of aryl methyl sites for hydroxylation is 1. The molecule has 2 heterocycles. The monoisotopic (exact) mass is 279 g/mol. The molecule has 20 heavy (non-hydrogen) atoms. The van der Waals surface area contributed by atoms with Gasteiger partial charge in [0.05, 0.1) is 4.92 Å². The van der Waals surface area contributed by atoms with Gasteiger partial charge in [-0.1, -0.05) is 6.92 Å². The summed E-state index contributed by atoms with van der Waals surface area (Å²) in [5, 5.41) is 20.3. The van der Waals surface area contributed by atoms with Crippen molar-refractivity contribution in [1.82, 2.24) is 4.98 Å². The second kappa shape index (κ2) is 5.07. The van der Waals surface area contributed by atoms with E-state index in [0.717, 1.165) is 6.42 Å². The number of carbonyl (C=O) groups is 1. The fourth-order valence-corrected chi connectivity index (χ4v) is 2.83. The quantitative estimate of drug-likeness (QED) is 0.670. The minimum atomic E-state index is -0.949. The van der Waals surface area contributed by atoms with Crippen LogP contribution in [0.25, 0.3) is 0 Å². The van der Waals surface area contributed by atoms with Crippen molar-refractivity contribution in [3.8, 4) is 0 Å².